The Kier molecular flexibility index (Phi) is 7.19. The van der Waals surface area contributed by atoms with Crippen molar-refractivity contribution in [3.8, 4) is 0 Å². The first-order valence-corrected chi connectivity index (χ1v) is 8.68. The number of carbonyl (C=O) groups excluding carboxylic acids is 2. The van der Waals surface area contributed by atoms with Crippen molar-refractivity contribution in [2.75, 3.05) is 0 Å². The molecular formula is C20H19N3O6. The molecular weight excluding hydrogens is 378 g/mol. The van der Waals surface area contributed by atoms with E-state index in [9.17, 15) is 24.5 Å². The van der Waals surface area contributed by atoms with E-state index in [1.807, 2.05) is 0 Å². The third kappa shape index (κ3) is 5.99. The Morgan fingerprint density at radius 1 is 1.14 bits per heavy atom. The van der Waals surface area contributed by atoms with Gasteiger partial charge in [-0.25, -0.2) is 4.79 Å². The van der Waals surface area contributed by atoms with Crippen LogP contribution in [0.4, 0.5) is 5.69 Å². The van der Waals surface area contributed by atoms with Gasteiger partial charge in [-0.05, 0) is 30.2 Å². The van der Waals surface area contributed by atoms with Crippen LogP contribution in [0.1, 0.15) is 29.3 Å². The predicted molar refractivity (Wildman–Crippen MR) is 105 cm³/mol. The summed E-state index contributed by atoms with van der Waals surface area (Å²) in [6.45, 7) is 1.59. The second-order valence-electron chi connectivity index (χ2n) is 6.00. The molecule has 2 amide bonds. The number of amides is 2. The molecule has 2 rings (SSSR count). The molecule has 0 aliphatic carbocycles. The van der Waals surface area contributed by atoms with Crippen LogP contribution in [-0.2, 0) is 9.59 Å². The second kappa shape index (κ2) is 9.79. The number of carbonyl (C=O) groups is 3. The quantitative estimate of drug-likeness (QED) is 0.355. The van der Waals surface area contributed by atoms with Gasteiger partial charge in [0.05, 0.1) is 4.92 Å². The fourth-order valence-corrected chi connectivity index (χ4v) is 2.41. The van der Waals surface area contributed by atoms with Crippen LogP contribution in [0, 0.1) is 10.1 Å². The van der Waals surface area contributed by atoms with Crippen LogP contribution < -0.4 is 10.6 Å². The van der Waals surface area contributed by atoms with Crippen LogP contribution in [-0.4, -0.2) is 33.9 Å². The molecule has 0 spiro atoms. The van der Waals surface area contributed by atoms with Crippen molar-refractivity contribution in [2.45, 2.75) is 19.4 Å². The van der Waals surface area contributed by atoms with Gasteiger partial charge in [0.2, 0.25) is 0 Å². The van der Waals surface area contributed by atoms with Gasteiger partial charge in [0.25, 0.3) is 17.5 Å². The summed E-state index contributed by atoms with van der Waals surface area (Å²) in [6.07, 6.45) is 1.38. The summed E-state index contributed by atoms with van der Waals surface area (Å²) in [5, 5.41) is 24.9. The summed E-state index contributed by atoms with van der Waals surface area (Å²) in [4.78, 5) is 46.7. The molecule has 0 unspecified atom stereocenters. The fourth-order valence-electron chi connectivity index (χ4n) is 2.41. The zero-order valence-electron chi connectivity index (χ0n) is 15.5. The summed E-state index contributed by atoms with van der Waals surface area (Å²) >= 11 is 0. The Bertz CT molecular complexity index is 956. The summed E-state index contributed by atoms with van der Waals surface area (Å²) in [5.41, 5.74) is 0.153. The van der Waals surface area contributed by atoms with Gasteiger partial charge in [0, 0.05) is 17.7 Å². The highest BCUT2D eigenvalue weighted by Crippen LogP contribution is 2.16. The largest absolute Gasteiger partial charge is 0.480 e. The molecule has 0 aliphatic heterocycles. The fraction of sp³-hybridized carbons (Fsp3) is 0.150. The van der Waals surface area contributed by atoms with Crippen molar-refractivity contribution in [1.29, 1.82) is 0 Å². The summed E-state index contributed by atoms with van der Waals surface area (Å²) < 4.78 is 0. The van der Waals surface area contributed by atoms with Crippen molar-refractivity contribution in [3.05, 3.63) is 81.5 Å². The molecule has 150 valence electrons. The average Bonchev–Trinajstić information content (AvgIpc) is 2.71. The zero-order valence-corrected chi connectivity index (χ0v) is 15.5. The molecule has 0 aliphatic rings. The molecule has 3 N–H and O–H groups in total. The Morgan fingerprint density at radius 2 is 1.83 bits per heavy atom. The van der Waals surface area contributed by atoms with Gasteiger partial charge in [0.15, 0.2) is 0 Å². The lowest BCUT2D eigenvalue weighted by Gasteiger charge is -2.15. The Balaban J connectivity index is 2.37. The maximum absolute atomic E-state index is 12.6. The number of nitrogens with zero attached hydrogens (tertiary/aromatic N) is 1. The summed E-state index contributed by atoms with van der Waals surface area (Å²) in [6, 6.07) is 12.4. The average molecular weight is 397 g/mol. The molecule has 9 heteroatoms. The monoisotopic (exact) mass is 397 g/mol. The minimum Gasteiger partial charge on any atom is -0.480 e. The first-order chi connectivity index (χ1) is 13.8. The number of carboxylic acid groups (broad SMARTS) is 1. The van der Waals surface area contributed by atoms with E-state index in [-0.39, 0.29) is 23.4 Å². The number of nitro groups is 1. The minimum atomic E-state index is -1.22. The van der Waals surface area contributed by atoms with Crippen molar-refractivity contribution < 1.29 is 24.4 Å². The third-order valence-electron chi connectivity index (χ3n) is 3.93. The molecule has 0 saturated carbocycles. The van der Waals surface area contributed by atoms with Gasteiger partial charge in [-0.2, -0.15) is 0 Å². The van der Waals surface area contributed by atoms with Crippen molar-refractivity contribution in [3.63, 3.8) is 0 Å². The molecule has 0 saturated heterocycles. The maximum Gasteiger partial charge on any atom is 0.326 e. The molecule has 0 aromatic heterocycles. The number of rotatable bonds is 8. The molecule has 0 bridgehead atoms. The molecule has 1 atom stereocenters. The summed E-state index contributed by atoms with van der Waals surface area (Å²) in [7, 11) is 0. The van der Waals surface area contributed by atoms with Crippen LogP contribution >= 0.6 is 0 Å². The van der Waals surface area contributed by atoms with E-state index in [1.165, 1.54) is 30.3 Å². The highest BCUT2D eigenvalue weighted by Gasteiger charge is 2.22. The predicted octanol–water partition coefficient (Wildman–Crippen LogP) is 2.35. The van der Waals surface area contributed by atoms with Crippen LogP contribution in [0.3, 0.4) is 0 Å². The number of carboxylic acids is 1. The lowest BCUT2D eigenvalue weighted by Crippen LogP contribution is -2.44. The maximum atomic E-state index is 12.6. The normalized spacial score (nSPS) is 12.0. The van der Waals surface area contributed by atoms with Gasteiger partial charge in [-0.15, -0.1) is 0 Å². The van der Waals surface area contributed by atoms with Gasteiger partial charge in [-0.3, -0.25) is 19.7 Å². The molecule has 2 aromatic carbocycles. The summed E-state index contributed by atoms with van der Waals surface area (Å²) in [5.74, 6) is -2.62. The molecule has 2 aromatic rings. The highest BCUT2D eigenvalue weighted by molar-refractivity contribution is 6.06. The van der Waals surface area contributed by atoms with Gasteiger partial charge >= 0.3 is 5.97 Å². The Labute approximate surface area is 166 Å². The van der Waals surface area contributed by atoms with E-state index in [4.69, 9.17) is 5.11 Å². The number of hydrogen-bond donors (Lipinski definition) is 3. The second-order valence-corrected chi connectivity index (χ2v) is 6.00. The van der Waals surface area contributed by atoms with E-state index < -0.39 is 28.7 Å². The Morgan fingerprint density at radius 3 is 2.41 bits per heavy atom. The number of nitrogens with one attached hydrogen (secondary N) is 2. The SMILES string of the molecule is CC[C@@H](NC(=O)/C(=C\c1cccc([N+](=O)[O-])c1)NC(=O)c1ccccc1)C(=O)O. The van der Waals surface area contributed by atoms with Gasteiger partial charge < -0.3 is 15.7 Å². The van der Waals surface area contributed by atoms with Crippen LogP contribution in [0.2, 0.25) is 0 Å². The minimum absolute atomic E-state index is 0.137. The van der Waals surface area contributed by atoms with Crippen molar-refractivity contribution in [1.82, 2.24) is 10.6 Å². The van der Waals surface area contributed by atoms with E-state index in [0.717, 1.165) is 0 Å². The number of benzene rings is 2. The van der Waals surface area contributed by atoms with Crippen LogP contribution in [0.15, 0.2) is 60.3 Å². The highest BCUT2D eigenvalue weighted by atomic mass is 16.6. The smallest absolute Gasteiger partial charge is 0.326 e. The van der Waals surface area contributed by atoms with Gasteiger partial charge in [-0.1, -0.05) is 37.3 Å². The lowest BCUT2D eigenvalue weighted by molar-refractivity contribution is -0.384. The van der Waals surface area contributed by atoms with E-state index in [1.54, 1.807) is 37.3 Å². The van der Waals surface area contributed by atoms with Crippen LogP contribution in [0.5, 0.6) is 0 Å². The third-order valence-corrected chi connectivity index (χ3v) is 3.93. The van der Waals surface area contributed by atoms with Crippen LogP contribution in [0.25, 0.3) is 6.08 Å². The first kappa shape index (κ1) is 21.3. The number of nitro benzene ring substituents is 1. The molecule has 0 heterocycles. The van der Waals surface area contributed by atoms with Crippen molar-refractivity contribution in [2.24, 2.45) is 0 Å². The van der Waals surface area contributed by atoms with E-state index >= 15 is 0 Å². The zero-order chi connectivity index (χ0) is 21.4. The topological polar surface area (TPSA) is 139 Å². The van der Waals surface area contributed by atoms with Gasteiger partial charge in [0.1, 0.15) is 11.7 Å². The molecule has 0 fully saturated rings. The first-order valence-electron chi connectivity index (χ1n) is 8.68. The van der Waals surface area contributed by atoms with Crippen molar-refractivity contribution >= 4 is 29.5 Å². The standard InChI is InChI=1S/C20H19N3O6/c1-2-16(20(26)27)21-19(25)17(22-18(24)14-8-4-3-5-9-14)12-13-7-6-10-15(11-13)23(28)29/h3-12,16H,2H2,1H3,(H,21,25)(H,22,24)(H,26,27)/b17-12+/t16-/m1/s1. The van der Waals surface area contributed by atoms with E-state index in [2.05, 4.69) is 10.6 Å². The van der Waals surface area contributed by atoms with E-state index in [0.29, 0.717) is 5.56 Å². The number of aliphatic carboxylic acids is 1. The lowest BCUT2D eigenvalue weighted by atomic mass is 10.1. The molecule has 0 radical (unpaired) electrons. The number of non-ortho nitro benzene ring substituents is 1. The Hall–Kier alpha value is -4.01. The number of hydrogen-bond acceptors (Lipinski definition) is 5. The molecule has 9 nitrogen and oxygen atoms in total. The molecule has 29 heavy (non-hydrogen) atoms.